The second-order valence-electron chi connectivity index (χ2n) is 5.95. The molecular weight excluding hydrogens is 268 g/mol. The highest BCUT2D eigenvalue weighted by molar-refractivity contribution is 5.70. The molecule has 0 aromatic heterocycles. The van der Waals surface area contributed by atoms with E-state index in [1.165, 1.54) is 0 Å². The summed E-state index contributed by atoms with van der Waals surface area (Å²) in [6.45, 7) is 1.54. The van der Waals surface area contributed by atoms with Crippen LogP contribution >= 0.6 is 0 Å². The number of carbonyl (C=O) groups excluding carboxylic acids is 1. The lowest BCUT2D eigenvalue weighted by atomic mass is 9.99. The van der Waals surface area contributed by atoms with Crippen LogP contribution in [0.3, 0.4) is 0 Å². The zero-order valence-electron chi connectivity index (χ0n) is 12.5. The van der Waals surface area contributed by atoms with Crippen LogP contribution in [0.2, 0.25) is 0 Å². The van der Waals surface area contributed by atoms with E-state index in [1.54, 1.807) is 7.11 Å². The summed E-state index contributed by atoms with van der Waals surface area (Å²) >= 11 is 0. The minimum Gasteiger partial charge on any atom is -0.497 e. The summed E-state index contributed by atoms with van der Waals surface area (Å²) in [5, 5.41) is 0. The molecule has 21 heavy (non-hydrogen) atoms. The van der Waals surface area contributed by atoms with Crippen molar-refractivity contribution >= 4 is 5.97 Å². The summed E-state index contributed by atoms with van der Waals surface area (Å²) in [5.74, 6) is 1.15. The molecule has 1 heterocycles. The van der Waals surface area contributed by atoms with Crippen molar-refractivity contribution in [3.8, 4) is 5.75 Å². The number of hydrogen-bond acceptors (Lipinski definition) is 4. The van der Waals surface area contributed by atoms with Crippen LogP contribution in [0.1, 0.15) is 31.2 Å². The molecule has 1 aromatic carbocycles. The molecule has 0 unspecified atom stereocenters. The highest BCUT2D eigenvalue weighted by atomic mass is 16.6. The second kappa shape index (κ2) is 6.06. The first-order valence-electron chi connectivity index (χ1n) is 7.64. The summed E-state index contributed by atoms with van der Waals surface area (Å²) in [7, 11) is 1.65. The van der Waals surface area contributed by atoms with E-state index in [4.69, 9.17) is 14.2 Å². The van der Waals surface area contributed by atoms with Crippen molar-refractivity contribution in [3.05, 3.63) is 29.8 Å². The Hall–Kier alpha value is -1.55. The van der Waals surface area contributed by atoms with Gasteiger partial charge < -0.3 is 14.2 Å². The molecule has 114 valence electrons. The van der Waals surface area contributed by atoms with Crippen molar-refractivity contribution in [2.75, 3.05) is 20.3 Å². The van der Waals surface area contributed by atoms with Gasteiger partial charge in [-0.05, 0) is 43.4 Å². The van der Waals surface area contributed by atoms with E-state index in [-0.39, 0.29) is 11.6 Å². The molecule has 2 aliphatic rings. The maximum absolute atomic E-state index is 12.1. The minimum absolute atomic E-state index is 0.0878. The molecule has 1 aliphatic heterocycles. The third kappa shape index (κ3) is 3.38. The molecule has 1 aromatic rings. The van der Waals surface area contributed by atoms with Gasteiger partial charge in [0.05, 0.1) is 13.7 Å². The molecule has 0 bridgehead atoms. The zero-order chi connectivity index (χ0) is 14.7. The van der Waals surface area contributed by atoms with E-state index in [0.717, 1.165) is 43.8 Å². The van der Waals surface area contributed by atoms with Gasteiger partial charge in [0.25, 0.3) is 0 Å². The minimum atomic E-state index is -0.201. The van der Waals surface area contributed by atoms with E-state index in [0.29, 0.717) is 18.8 Å². The third-order valence-corrected chi connectivity index (χ3v) is 4.51. The zero-order valence-corrected chi connectivity index (χ0v) is 12.5. The normalized spacial score (nSPS) is 22.8. The van der Waals surface area contributed by atoms with Crippen LogP contribution in [-0.2, 0) is 20.7 Å². The number of ether oxygens (including phenoxy) is 3. The Bertz CT molecular complexity index is 484. The summed E-state index contributed by atoms with van der Waals surface area (Å²) < 4.78 is 16.3. The molecule has 1 saturated carbocycles. The van der Waals surface area contributed by atoms with Gasteiger partial charge in [0.1, 0.15) is 11.4 Å². The van der Waals surface area contributed by atoms with Crippen molar-refractivity contribution < 1.29 is 19.0 Å². The van der Waals surface area contributed by atoms with Crippen LogP contribution in [0.15, 0.2) is 24.3 Å². The summed E-state index contributed by atoms with van der Waals surface area (Å²) in [5.41, 5.74) is 0.926. The first kappa shape index (κ1) is 14.4. The maximum atomic E-state index is 12.1. The van der Waals surface area contributed by atoms with Crippen LogP contribution in [0.4, 0.5) is 0 Å². The first-order valence-corrected chi connectivity index (χ1v) is 7.64. The fraction of sp³-hybridized carbons (Fsp3) is 0.588. The molecule has 0 N–H and O–H groups in total. The monoisotopic (exact) mass is 290 g/mol. The first-order chi connectivity index (χ1) is 10.2. The highest BCUT2D eigenvalue weighted by Gasteiger charge is 2.53. The molecule has 0 spiro atoms. The van der Waals surface area contributed by atoms with Gasteiger partial charge in [0, 0.05) is 18.9 Å². The SMILES string of the molecule is COc1ccc(CCC(=O)OC2([C@@H]3CCOC3)CC2)cc1. The number of carbonyl (C=O) groups is 1. The van der Waals surface area contributed by atoms with Crippen molar-refractivity contribution in [1.82, 2.24) is 0 Å². The number of esters is 1. The predicted molar refractivity (Wildman–Crippen MR) is 78.3 cm³/mol. The molecule has 2 fully saturated rings. The number of benzene rings is 1. The fourth-order valence-corrected chi connectivity index (χ4v) is 2.98. The standard InChI is InChI=1S/C17H22O4/c1-19-15-5-2-13(3-6-15)4-7-16(18)21-17(9-10-17)14-8-11-20-12-14/h2-3,5-6,14H,4,7-12H2,1H3/t14-/m1/s1. The second-order valence-corrected chi connectivity index (χ2v) is 5.95. The van der Waals surface area contributed by atoms with Gasteiger partial charge in [0.15, 0.2) is 0 Å². The van der Waals surface area contributed by atoms with Gasteiger partial charge in [-0.15, -0.1) is 0 Å². The van der Waals surface area contributed by atoms with Gasteiger partial charge in [-0.25, -0.2) is 0 Å². The molecule has 1 atom stereocenters. The molecule has 0 amide bonds. The topological polar surface area (TPSA) is 44.8 Å². The molecular formula is C17H22O4. The molecule has 4 nitrogen and oxygen atoms in total. The lowest BCUT2D eigenvalue weighted by Crippen LogP contribution is -2.29. The Balaban J connectivity index is 1.47. The Morgan fingerprint density at radius 2 is 2.10 bits per heavy atom. The predicted octanol–water partition coefficient (Wildman–Crippen LogP) is 2.74. The Morgan fingerprint density at radius 3 is 2.67 bits per heavy atom. The maximum Gasteiger partial charge on any atom is 0.306 e. The van der Waals surface area contributed by atoms with Gasteiger partial charge in [-0.1, -0.05) is 12.1 Å². The van der Waals surface area contributed by atoms with Crippen molar-refractivity contribution in [2.24, 2.45) is 5.92 Å². The van der Waals surface area contributed by atoms with Gasteiger partial charge in [0.2, 0.25) is 0 Å². The Kier molecular flexibility index (Phi) is 4.15. The average Bonchev–Trinajstić information content (AvgIpc) is 3.07. The average molecular weight is 290 g/mol. The van der Waals surface area contributed by atoms with E-state index in [2.05, 4.69) is 0 Å². The quantitative estimate of drug-likeness (QED) is 0.756. The van der Waals surface area contributed by atoms with Gasteiger partial charge >= 0.3 is 5.97 Å². The molecule has 3 rings (SSSR count). The van der Waals surface area contributed by atoms with Gasteiger partial charge in [-0.3, -0.25) is 4.79 Å². The lowest BCUT2D eigenvalue weighted by molar-refractivity contribution is -0.154. The lowest BCUT2D eigenvalue weighted by Gasteiger charge is -2.22. The van der Waals surface area contributed by atoms with E-state index in [1.807, 2.05) is 24.3 Å². The molecule has 1 saturated heterocycles. The summed E-state index contributed by atoms with van der Waals surface area (Å²) in [4.78, 5) is 12.1. The third-order valence-electron chi connectivity index (χ3n) is 4.51. The van der Waals surface area contributed by atoms with Crippen molar-refractivity contribution in [2.45, 2.75) is 37.7 Å². The molecule has 4 heteroatoms. The summed E-state index contributed by atoms with van der Waals surface area (Å²) in [6, 6.07) is 7.81. The van der Waals surface area contributed by atoms with E-state index < -0.39 is 0 Å². The molecule has 0 radical (unpaired) electrons. The van der Waals surface area contributed by atoms with Crippen LogP contribution < -0.4 is 4.74 Å². The van der Waals surface area contributed by atoms with Crippen LogP contribution in [0, 0.1) is 5.92 Å². The Labute approximate surface area is 125 Å². The number of aryl methyl sites for hydroxylation is 1. The van der Waals surface area contributed by atoms with Gasteiger partial charge in [-0.2, -0.15) is 0 Å². The van der Waals surface area contributed by atoms with Crippen LogP contribution in [0.25, 0.3) is 0 Å². The molecule has 1 aliphatic carbocycles. The highest BCUT2D eigenvalue weighted by Crippen LogP contribution is 2.49. The Morgan fingerprint density at radius 1 is 1.33 bits per heavy atom. The smallest absolute Gasteiger partial charge is 0.306 e. The number of rotatable bonds is 6. The fourth-order valence-electron chi connectivity index (χ4n) is 2.98. The van der Waals surface area contributed by atoms with Crippen molar-refractivity contribution in [3.63, 3.8) is 0 Å². The largest absolute Gasteiger partial charge is 0.497 e. The van der Waals surface area contributed by atoms with Crippen LogP contribution in [0.5, 0.6) is 5.75 Å². The number of hydrogen-bond donors (Lipinski definition) is 0. The number of methoxy groups -OCH3 is 1. The van der Waals surface area contributed by atoms with E-state index in [9.17, 15) is 4.79 Å². The summed E-state index contributed by atoms with van der Waals surface area (Å²) in [6.07, 6.45) is 4.15. The van der Waals surface area contributed by atoms with E-state index >= 15 is 0 Å². The van der Waals surface area contributed by atoms with Crippen LogP contribution in [-0.4, -0.2) is 31.9 Å². The van der Waals surface area contributed by atoms with Crippen molar-refractivity contribution in [1.29, 1.82) is 0 Å².